The Balaban J connectivity index is 1.70. The van der Waals surface area contributed by atoms with Crippen LogP contribution in [0.3, 0.4) is 0 Å². The maximum Gasteiger partial charge on any atom is 0.291 e. The second-order valence-corrected chi connectivity index (χ2v) is 7.67. The lowest BCUT2D eigenvalue weighted by atomic mass is 9.98. The molecule has 3 heterocycles. The average molecular weight is 436 g/mol. The van der Waals surface area contributed by atoms with Crippen LogP contribution in [0.4, 0.5) is 0 Å². The quantitative estimate of drug-likeness (QED) is 0.431. The maximum atomic E-state index is 13.5. The molecule has 1 aliphatic heterocycles. The van der Waals surface area contributed by atoms with Gasteiger partial charge < -0.3 is 18.5 Å². The van der Waals surface area contributed by atoms with E-state index in [2.05, 4.69) is 0 Å². The largest absolute Gasteiger partial charge is 0.494 e. The van der Waals surface area contributed by atoms with Crippen LogP contribution >= 0.6 is 11.6 Å². The molecular weight excluding hydrogens is 418 g/mol. The summed E-state index contributed by atoms with van der Waals surface area (Å²) in [4.78, 5) is 28.4. The van der Waals surface area contributed by atoms with Crippen molar-refractivity contribution < 1.29 is 18.4 Å². The first-order valence-corrected chi connectivity index (χ1v) is 10.3. The van der Waals surface area contributed by atoms with Gasteiger partial charge in [0.1, 0.15) is 17.1 Å². The number of halogens is 1. The van der Waals surface area contributed by atoms with Crippen molar-refractivity contribution in [3.8, 4) is 5.75 Å². The Morgan fingerprint density at radius 3 is 2.61 bits per heavy atom. The summed E-state index contributed by atoms with van der Waals surface area (Å²) in [6.45, 7) is 2.65. The number of benzene rings is 2. The van der Waals surface area contributed by atoms with Gasteiger partial charge in [0.25, 0.3) is 5.91 Å². The smallest absolute Gasteiger partial charge is 0.291 e. The minimum Gasteiger partial charge on any atom is -0.494 e. The molecule has 2 aromatic carbocycles. The third-order valence-corrected chi connectivity index (χ3v) is 5.58. The number of rotatable bonds is 5. The first kappa shape index (κ1) is 19.5. The maximum absolute atomic E-state index is 13.5. The van der Waals surface area contributed by atoms with Crippen molar-refractivity contribution in [2.45, 2.75) is 19.5 Å². The standard InChI is InChI=1S/C24H18ClNO5/c1-2-29-16-8-5-14(6-9-16)21-20-22(27)18-12-15(25)7-10-19(18)31-23(20)24(28)26(21)13-17-4-3-11-30-17/h3-12,21H,2,13H2,1H3. The van der Waals surface area contributed by atoms with Gasteiger partial charge in [-0.05, 0) is 55.0 Å². The molecule has 2 aromatic heterocycles. The molecule has 5 rings (SSSR count). The summed E-state index contributed by atoms with van der Waals surface area (Å²) < 4.78 is 16.9. The molecule has 0 spiro atoms. The Morgan fingerprint density at radius 2 is 1.90 bits per heavy atom. The predicted molar refractivity (Wildman–Crippen MR) is 116 cm³/mol. The van der Waals surface area contributed by atoms with Crippen LogP contribution in [0.2, 0.25) is 5.02 Å². The van der Waals surface area contributed by atoms with Gasteiger partial charge in [-0.15, -0.1) is 0 Å². The normalized spacial score (nSPS) is 15.5. The zero-order valence-corrected chi connectivity index (χ0v) is 17.4. The monoisotopic (exact) mass is 435 g/mol. The molecule has 0 aliphatic carbocycles. The molecule has 1 atom stereocenters. The number of carbonyl (C=O) groups is 1. The summed E-state index contributed by atoms with van der Waals surface area (Å²) in [5.41, 5.74) is 1.13. The second kappa shape index (κ2) is 7.63. The molecule has 1 aliphatic rings. The predicted octanol–water partition coefficient (Wildman–Crippen LogP) is 5.18. The van der Waals surface area contributed by atoms with Gasteiger partial charge in [-0.2, -0.15) is 0 Å². The van der Waals surface area contributed by atoms with E-state index < -0.39 is 6.04 Å². The van der Waals surface area contributed by atoms with Gasteiger partial charge in [0.15, 0.2) is 5.43 Å². The summed E-state index contributed by atoms with van der Waals surface area (Å²) in [5, 5.41) is 0.768. The molecule has 1 unspecified atom stereocenters. The molecule has 7 heteroatoms. The van der Waals surface area contributed by atoms with Crippen LogP contribution in [-0.2, 0) is 6.54 Å². The fraction of sp³-hybridized carbons (Fsp3) is 0.167. The van der Waals surface area contributed by atoms with Crippen LogP contribution in [0.1, 0.15) is 40.4 Å². The molecule has 0 bridgehead atoms. The highest BCUT2D eigenvalue weighted by molar-refractivity contribution is 6.31. The molecule has 0 saturated carbocycles. The van der Waals surface area contributed by atoms with E-state index in [1.807, 2.05) is 31.2 Å². The van der Waals surface area contributed by atoms with E-state index in [4.69, 9.17) is 25.2 Å². The van der Waals surface area contributed by atoms with E-state index >= 15 is 0 Å². The van der Waals surface area contributed by atoms with Crippen LogP contribution in [0.5, 0.6) is 5.75 Å². The van der Waals surface area contributed by atoms with Crippen LogP contribution < -0.4 is 10.2 Å². The summed E-state index contributed by atoms with van der Waals surface area (Å²) in [6, 6.07) is 15.1. The summed E-state index contributed by atoms with van der Waals surface area (Å²) in [5.74, 6) is 1.01. The Labute approximate surface area is 182 Å². The first-order valence-electron chi connectivity index (χ1n) is 9.89. The fourth-order valence-corrected chi connectivity index (χ4v) is 4.16. The molecular formula is C24H18ClNO5. The van der Waals surface area contributed by atoms with E-state index in [1.54, 1.807) is 41.5 Å². The SMILES string of the molecule is CCOc1ccc(C2c3c(oc4ccc(Cl)cc4c3=O)C(=O)N2Cc2ccco2)cc1. The Bertz CT molecular complexity index is 1320. The second-order valence-electron chi connectivity index (χ2n) is 7.23. The number of ether oxygens (including phenoxy) is 1. The summed E-state index contributed by atoms with van der Waals surface area (Å²) >= 11 is 6.11. The lowest BCUT2D eigenvalue weighted by Crippen LogP contribution is -2.29. The van der Waals surface area contributed by atoms with Gasteiger partial charge in [-0.25, -0.2) is 0 Å². The zero-order valence-electron chi connectivity index (χ0n) is 16.6. The summed E-state index contributed by atoms with van der Waals surface area (Å²) in [7, 11) is 0. The zero-order chi connectivity index (χ0) is 21.5. The molecule has 0 saturated heterocycles. The third kappa shape index (κ3) is 3.29. The molecule has 156 valence electrons. The molecule has 0 radical (unpaired) electrons. The highest BCUT2D eigenvalue weighted by Crippen LogP contribution is 2.39. The number of hydrogen-bond acceptors (Lipinski definition) is 5. The van der Waals surface area contributed by atoms with Gasteiger partial charge in [0.2, 0.25) is 5.76 Å². The van der Waals surface area contributed by atoms with Crippen molar-refractivity contribution in [3.63, 3.8) is 0 Å². The Hall–Kier alpha value is -3.51. The number of carbonyl (C=O) groups excluding carboxylic acids is 1. The van der Waals surface area contributed by atoms with E-state index in [0.717, 1.165) is 5.56 Å². The van der Waals surface area contributed by atoms with Crippen LogP contribution in [0.25, 0.3) is 11.0 Å². The minimum absolute atomic E-state index is 0.0465. The van der Waals surface area contributed by atoms with Gasteiger partial charge >= 0.3 is 0 Å². The molecule has 6 nitrogen and oxygen atoms in total. The van der Waals surface area contributed by atoms with Crippen molar-refractivity contribution in [2.75, 3.05) is 6.61 Å². The minimum atomic E-state index is -0.622. The lowest BCUT2D eigenvalue weighted by Gasteiger charge is -2.24. The highest BCUT2D eigenvalue weighted by atomic mass is 35.5. The number of furan rings is 1. The Kier molecular flexibility index (Phi) is 4.79. The van der Waals surface area contributed by atoms with Crippen molar-refractivity contribution >= 4 is 28.5 Å². The fourth-order valence-electron chi connectivity index (χ4n) is 3.99. The van der Waals surface area contributed by atoms with E-state index in [9.17, 15) is 9.59 Å². The molecule has 1 amide bonds. The number of hydrogen-bond donors (Lipinski definition) is 0. The molecule has 0 fully saturated rings. The molecule has 0 N–H and O–H groups in total. The average Bonchev–Trinajstić information content (AvgIpc) is 3.37. The third-order valence-electron chi connectivity index (χ3n) is 5.34. The van der Waals surface area contributed by atoms with Gasteiger partial charge in [-0.1, -0.05) is 23.7 Å². The lowest BCUT2D eigenvalue weighted by molar-refractivity contribution is 0.0701. The van der Waals surface area contributed by atoms with Gasteiger partial charge in [0.05, 0.1) is 36.4 Å². The molecule has 4 aromatic rings. The van der Waals surface area contributed by atoms with Crippen LogP contribution in [-0.4, -0.2) is 17.4 Å². The van der Waals surface area contributed by atoms with Crippen molar-refractivity contribution in [3.05, 3.63) is 98.8 Å². The van der Waals surface area contributed by atoms with Crippen molar-refractivity contribution in [1.29, 1.82) is 0 Å². The Morgan fingerprint density at radius 1 is 1.10 bits per heavy atom. The van der Waals surface area contributed by atoms with E-state index in [-0.39, 0.29) is 23.6 Å². The topological polar surface area (TPSA) is 72.9 Å². The van der Waals surface area contributed by atoms with Gasteiger partial charge in [0, 0.05) is 5.02 Å². The highest BCUT2D eigenvalue weighted by Gasteiger charge is 2.43. The van der Waals surface area contributed by atoms with E-state index in [0.29, 0.717) is 39.7 Å². The molecule has 31 heavy (non-hydrogen) atoms. The number of fused-ring (bicyclic) bond motifs is 2. The number of nitrogens with zero attached hydrogens (tertiary/aromatic N) is 1. The van der Waals surface area contributed by atoms with Crippen molar-refractivity contribution in [1.82, 2.24) is 4.90 Å². The van der Waals surface area contributed by atoms with Crippen LogP contribution in [0, 0.1) is 0 Å². The van der Waals surface area contributed by atoms with E-state index in [1.165, 1.54) is 0 Å². The summed E-state index contributed by atoms with van der Waals surface area (Å²) in [6.07, 6.45) is 1.55. The van der Waals surface area contributed by atoms with Crippen molar-refractivity contribution in [2.24, 2.45) is 0 Å². The van der Waals surface area contributed by atoms with Gasteiger partial charge in [-0.3, -0.25) is 9.59 Å². The number of amides is 1. The van der Waals surface area contributed by atoms with Crippen LogP contribution in [0.15, 0.2) is 74.5 Å². The first-order chi connectivity index (χ1) is 15.1.